The standard InChI is InChI=1S/C11H18FN3O3S.C11H19N3O3S/c1-11(2,3)18-10(16)14-9-13-7(8(12)19-9)6-15(4)17-5;1-11(2,3)17-10(15)13-9-12-8(7-18-9)6-14(4)16-5/h6H2,1-5H3,(H,13,14,16);7H,6H2,1-5H3,(H,12,13,15). The van der Waals surface area contributed by atoms with E-state index in [1.165, 1.54) is 23.5 Å². The van der Waals surface area contributed by atoms with Crippen LogP contribution in [0.2, 0.25) is 0 Å². The second-order valence-corrected chi connectivity index (χ2v) is 11.4. The number of aromatic nitrogens is 2. The van der Waals surface area contributed by atoms with Gasteiger partial charge < -0.3 is 19.1 Å². The van der Waals surface area contributed by atoms with Gasteiger partial charge in [-0.15, -0.1) is 11.3 Å². The highest BCUT2D eigenvalue weighted by Gasteiger charge is 2.20. The zero-order chi connectivity index (χ0) is 28.4. The van der Waals surface area contributed by atoms with Gasteiger partial charge in [-0.3, -0.25) is 10.6 Å². The van der Waals surface area contributed by atoms with E-state index in [-0.39, 0.29) is 17.4 Å². The number of nitrogens with one attached hydrogen (secondary N) is 2. The maximum Gasteiger partial charge on any atom is 0.413 e. The van der Waals surface area contributed by atoms with E-state index >= 15 is 0 Å². The molecule has 2 heterocycles. The Balaban J connectivity index is 0.000000371. The molecular weight excluding hydrogens is 527 g/mol. The SMILES string of the molecule is CON(C)Cc1csc(NC(=O)OC(C)(C)C)n1.CON(C)Cc1nc(NC(=O)OC(C)(C)C)sc1F. The van der Waals surface area contributed by atoms with E-state index in [2.05, 4.69) is 20.6 Å². The van der Waals surface area contributed by atoms with Crippen LogP contribution in [0.1, 0.15) is 52.9 Å². The van der Waals surface area contributed by atoms with Gasteiger partial charge in [0.15, 0.2) is 10.3 Å². The van der Waals surface area contributed by atoms with Crippen molar-refractivity contribution in [1.29, 1.82) is 0 Å². The number of rotatable bonds is 8. The highest BCUT2D eigenvalue weighted by Crippen LogP contribution is 2.23. The topological polar surface area (TPSA) is 127 Å². The van der Waals surface area contributed by atoms with Crippen LogP contribution < -0.4 is 10.6 Å². The molecule has 210 valence electrons. The summed E-state index contributed by atoms with van der Waals surface area (Å²) in [6.45, 7) is 11.4. The molecule has 0 aromatic carbocycles. The number of hydroxylamine groups is 4. The van der Waals surface area contributed by atoms with Gasteiger partial charge in [0.1, 0.15) is 16.9 Å². The average Bonchev–Trinajstić information content (AvgIpc) is 3.30. The number of thiazole rings is 2. The summed E-state index contributed by atoms with van der Waals surface area (Å²) < 4.78 is 23.8. The Hall–Kier alpha value is -2.43. The molecule has 0 aliphatic carbocycles. The second kappa shape index (κ2) is 14.5. The minimum Gasteiger partial charge on any atom is -0.444 e. The molecule has 2 N–H and O–H groups in total. The minimum absolute atomic E-state index is 0.159. The van der Waals surface area contributed by atoms with Crippen LogP contribution in [0.15, 0.2) is 5.38 Å². The van der Waals surface area contributed by atoms with Gasteiger partial charge in [-0.1, -0.05) is 11.3 Å². The van der Waals surface area contributed by atoms with E-state index in [0.29, 0.717) is 11.7 Å². The van der Waals surface area contributed by atoms with Gasteiger partial charge in [-0.25, -0.2) is 19.6 Å². The first-order valence-corrected chi connectivity index (χ1v) is 12.8. The third-order valence-corrected chi connectivity index (χ3v) is 5.41. The maximum atomic E-state index is 13.6. The molecule has 0 unspecified atom stereocenters. The molecule has 0 saturated carbocycles. The van der Waals surface area contributed by atoms with Crippen molar-refractivity contribution in [3.05, 3.63) is 21.9 Å². The zero-order valence-electron chi connectivity index (χ0n) is 22.9. The summed E-state index contributed by atoms with van der Waals surface area (Å²) >= 11 is 2.10. The Kier molecular flexibility index (Phi) is 12.8. The maximum absolute atomic E-state index is 13.6. The van der Waals surface area contributed by atoms with Gasteiger partial charge in [0.25, 0.3) is 0 Å². The van der Waals surface area contributed by atoms with Gasteiger partial charge in [0.05, 0.1) is 33.0 Å². The van der Waals surface area contributed by atoms with Crippen LogP contribution in [-0.4, -0.2) is 71.8 Å². The van der Waals surface area contributed by atoms with Gasteiger partial charge in [0, 0.05) is 19.5 Å². The summed E-state index contributed by atoms with van der Waals surface area (Å²) in [5.41, 5.74) is -0.0878. The number of hydrogen-bond acceptors (Lipinski definition) is 12. The van der Waals surface area contributed by atoms with Crippen molar-refractivity contribution in [3.8, 4) is 0 Å². The molecule has 0 atom stereocenters. The lowest BCUT2D eigenvalue weighted by molar-refractivity contribution is -0.117. The molecule has 2 aromatic heterocycles. The van der Waals surface area contributed by atoms with Crippen molar-refractivity contribution in [3.63, 3.8) is 0 Å². The fraction of sp³-hybridized carbons (Fsp3) is 0.636. The molecule has 37 heavy (non-hydrogen) atoms. The van der Waals surface area contributed by atoms with Gasteiger partial charge in [0.2, 0.25) is 5.13 Å². The van der Waals surface area contributed by atoms with Crippen molar-refractivity contribution < 1.29 is 33.1 Å². The Labute approximate surface area is 225 Å². The van der Waals surface area contributed by atoms with Crippen LogP contribution in [0.25, 0.3) is 0 Å². The normalized spacial score (nSPS) is 11.7. The summed E-state index contributed by atoms with van der Waals surface area (Å²) in [6.07, 6.45) is -1.16. The Morgan fingerprint density at radius 3 is 1.86 bits per heavy atom. The summed E-state index contributed by atoms with van der Waals surface area (Å²) in [5, 5.41) is 10.1. The van der Waals surface area contributed by atoms with Crippen LogP contribution in [0.5, 0.6) is 0 Å². The number of carbonyl (C=O) groups excluding carboxylic acids is 2. The molecule has 2 amide bonds. The van der Waals surface area contributed by atoms with Crippen LogP contribution in [0, 0.1) is 5.13 Å². The zero-order valence-corrected chi connectivity index (χ0v) is 24.6. The first-order chi connectivity index (χ1) is 17.0. The van der Waals surface area contributed by atoms with Crippen LogP contribution in [-0.2, 0) is 32.2 Å². The van der Waals surface area contributed by atoms with E-state index in [1.807, 2.05) is 26.2 Å². The molecule has 2 aromatic rings. The quantitative estimate of drug-likeness (QED) is 0.418. The molecular formula is C22H37FN6O6S2. The molecule has 0 aliphatic rings. The molecule has 0 spiro atoms. The number of nitrogens with zero attached hydrogens (tertiary/aromatic N) is 4. The third kappa shape index (κ3) is 14.2. The molecule has 0 radical (unpaired) electrons. The second-order valence-electron chi connectivity index (χ2n) is 9.57. The molecule has 0 aliphatic heterocycles. The molecule has 2 rings (SSSR count). The summed E-state index contributed by atoms with van der Waals surface area (Å²) in [7, 11) is 6.52. The van der Waals surface area contributed by atoms with Crippen molar-refractivity contribution in [2.24, 2.45) is 0 Å². The predicted octanol–water partition coefficient (Wildman–Crippen LogP) is 5.11. The van der Waals surface area contributed by atoms with E-state index in [4.69, 9.17) is 19.1 Å². The lowest BCUT2D eigenvalue weighted by Gasteiger charge is -2.18. The van der Waals surface area contributed by atoms with E-state index < -0.39 is 28.5 Å². The lowest BCUT2D eigenvalue weighted by Crippen LogP contribution is -2.27. The van der Waals surface area contributed by atoms with Crippen molar-refractivity contribution in [2.45, 2.75) is 65.8 Å². The van der Waals surface area contributed by atoms with Crippen molar-refractivity contribution >= 4 is 45.1 Å². The third-order valence-electron chi connectivity index (χ3n) is 3.80. The number of carbonyl (C=O) groups is 2. The summed E-state index contributed by atoms with van der Waals surface area (Å²) in [4.78, 5) is 41.1. The largest absolute Gasteiger partial charge is 0.444 e. The number of hydrogen-bond donors (Lipinski definition) is 2. The highest BCUT2D eigenvalue weighted by atomic mass is 32.1. The van der Waals surface area contributed by atoms with Crippen molar-refractivity contribution in [2.75, 3.05) is 38.9 Å². The van der Waals surface area contributed by atoms with E-state index in [1.54, 1.807) is 47.0 Å². The average molecular weight is 565 g/mol. The Bertz CT molecular complexity index is 1000. The van der Waals surface area contributed by atoms with E-state index in [9.17, 15) is 14.0 Å². The fourth-order valence-electron chi connectivity index (χ4n) is 2.27. The molecule has 0 saturated heterocycles. The molecule has 12 nitrogen and oxygen atoms in total. The minimum atomic E-state index is -0.659. The monoisotopic (exact) mass is 564 g/mol. The predicted molar refractivity (Wildman–Crippen MR) is 141 cm³/mol. The smallest absolute Gasteiger partial charge is 0.413 e. The number of anilines is 2. The van der Waals surface area contributed by atoms with Gasteiger partial charge in [-0.05, 0) is 41.5 Å². The van der Waals surface area contributed by atoms with Crippen LogP contribution in [0.4, 0.5) is 24.2 Å². The first kappa shape index (κ1) is 32.6. The number of amides is 2. The van der Waals surface area contributed by atoms with E-state index in [0.717, 1.165) is 17.0 Å². The lowest BCUT2D eigenvalue weighted by atomic mass is 10.2. The number of ether oxygens (including phenoxy) is 2. The molecule has 0 bridgehead atoms. The Morgan fingerprint density at radius 2 is 1.38 bits per heavy atom. The highest BCUT2D eigenvalue weighted by molar-refractivity contribution is 7.14. The summed E-state index contributed by atoms with van der Waals surface area (Å²) in [5.74, 6) is 0. The van der Waals surface area contributed by atoms with Crippen molar-refractivity contribution in [1.82, 2.24) is 20.1 Å². The van der Waals surface area contributed by atoms with Gasteiger partial charge >= 0.3 is 12.2 Å². The molecule has 0 fully saturated rings. The fourth-order valence-corrected chi connectivity index (χ4v) is 3.65. The molecule has 15 heteroatoms. The first-order valence-electron chi connectivity index (χ1n) is 11.1. The van der Waals surface area contributed by atoms with Crippen LogP contribution in [0.3, 0.4) is 0 Å². The van der Waals surface area contributed by atoms with Gasteiger partial charge in [-0.2, -0.15) is 14.5 Å². The number of halogens is 1. The Morgan fingerprint density at radius 1 is 0.892 bits per heavy atom. The van der Waals surface area contributed by atoms with Crippen LogP contribution >= 0.6 is 22.7 Å². The summed E-state index contributed by atoms with van der Waals surface area (Å²) in [6, 6.07) is 0.